The van der Waals surface area contributed by atoms with Crippen LogP contribution in [-0.2, 0) is 0 Å². The summed E-state index contributed by atoms with van der Waals surface area (Å²) in [5, 5.41) is 15.4. The van der Waals surface area contributed by atoms with Gasteiger partial charge in [0.15, 0.2) is 0 Å². The van der Waals surface area contributed by atoms with E-state index in [1.165, 1.54) is 115 Å². The molecule has 4 aliphatic heterocycles. The maximum atomic E-state index is 7.14. The van der Waals surface area contributed by atoms with E-state index in [4.69, 9.17) is 4.74 Å². The van der Waals surface area contributed by atoms with Crippen LogP contribution in [0.5, 0.6) is 11.5 Å². The zero-order chi connectivity index (χ0) is 44.9. The first kappa shape index (κ1) is 48.8. The van der Waals surface area contributed by atoms with Crippen molar-refractivity contribution in [2.45, 2.75) is 0 Å². The lowest BCUT2D eigenvalue weighted by Crippen LogP contribution is -2.17. The molecule has 0 spiro atoms. The normalized spacial score (nSPS) is 17.2. The molecular formula is C48H38OS16. The van der Waals surface area contributed by atoms with E-state index in [1.54, 1.807) is 0 Å². The summed E-state index contributed by atoms with van der Waals surface area (Å²) in [5.74, 6) is 1.68. The van der Waals surface area contributed by atoms with Crippen LogP contribution in [0, 0.1) is 0 Å². The quantitative estimate of drug-likeness (QED) is 0.120. The van der Waals surface area contributed by atoms with Crippen molar-refractivity contribution in [3.8, 4) is 11.5 Å². The summed E-state index contributed by atoms with van der Waals surface area (Å²) < 4.78 is 23.5. The Bertz CT molecular complexity index is 3110. The molecular weight excluding hydrogens is 1110 g/mol. The molecule has 0 amide bonds. The van der Waals surface area contributed by atoms with E-state index in [-0.39, 0.29) is 0 Å². The van der Waals surface area contributed by atoms with Gasteiger partial charge >= 0.3 is 0 Å². The lowest BCUT2D eigenvalue weighted by atomic mass is 9.98. The molecule has 10 rings (SSSR count). The fraction of sp³-hybridized carbons (Fsp3) is 0.167. The average Bonchev–Trinajstić information content (AvgIpc) is 4.16. The van der Waals surface area contributed by atoms with Gasteiger partial charge in [-0.1, -0.05) is 143 Å². The van der Waals surface area contributed by atoms with Crippen LogP contribution < -0.4 is 25.6 Å². The molecule has 0 radical (unpaired) electrons. The Kier molecular flexibility index (Phi) is 16.1. The van der Waals surface area contributed by atoms with Crippen LogP contribution in [-0.4, -0.2) is 50.0 Å². The first-order chi connectivity index (χ1) is 31.8. The SMILES string of the molecule is CSC1=C(SC)SC(=c2c3ccccc3c(=C3SC(SC)=C(SC)S3)c3cc(Oc4ccc5c(=C6SC(SC)=C(SC)S6)c6ccccc6c(=C6SC(SC)=C(SC)S6)c5c4)ccc23)S1. The van der Waals surface area contributed by atoms with Gasteiger partial charge in [-0.3, -0.25) is 0 Å². The summed E-state index contributed by atoms with van der Waals surface area (Å²) in [4.78, 5) is 0. The van der Waals surface area contributed by atoms with Crippen molar-refractivity contribution in [2.24, 2.45) is 0 Å². The Hall–Kier alpha value is 0.200. The molecule has 0 fully saturated rings. The third-order valence-electron chi connectivity index (χ3n) is 10.7. The molecule has 0 aliphatic carbocycles. The average molecular weight is 1140 g/mol. The van der Waals surface area contributed by atoms with Gasteiger partial charge in [0, 0.05) is 20.9 Å². The van der Waals surface area contributed by atoms with Crippen LogP contribution in [0.2, 0.25) is 0 Å². The highest BCUT2D eigenvalue weighted by Gasteiger charge is 2.28. The molecule has 0 atom stereocenters. The number of rotatable bonds is 10. The van der Waals surface area contributed by atoms with Crippen molar-refractivity contribution in [1.29, 1.82) is 0 Å². The topological polar surface area (TPSA) is 9.23 Å². The molecule has 332 valence electrons. The molecule has 0 bridgehead atoms. The molecule has 1 nitrogen and oxygen atoms in total. The van der Waals surface area contributed by atoms with E-state index < -0.39 is 0 Å². The van der Waals surface area contributed by atoms with E-state index in [0.717, 1.165) is 11.5 Å². The lowest BCUT2D eigenvalue weighted by molar-refractivity contribution is 0.484. The van der Waals surface area contributed by atoms with Crippen LogP contribution in [0.4, 0.5) is 0 Å². The van der Waals surface area contributed by atoms with Crippen molar-refractivity contribution in [3.63, 3.8) is 0 Å². The Balaban J connectivity index is 1.22. The summed E-state index contributed by atoms with van der Waals surface area (Å²) >= 11 is 30.2. The molecule has 0 aromatic heterocycles. The van der Waals surface area contributed by atoms with Crippen molar-refractivity contribution in [3.05, 3.63) is 140 Å². The highest BCUT2D eigenvalue weighted by molar-refractivity contribution is 8.47. The van der Waals surface area contributed by atoms with Gasteiger partial charge in [-0.05, 0) is 130 Å². The zero-order valence-corrected chi connectivity index (χ0v) is 49.1. The van der Waals surface area contributed by atoms with Crippen molar-refractivity contribution in [2.75, 3.05) is 50.0 Å². The highest BCUT2D eigenvalue weighted by Crippen LogP contribution is 2.60. The van der Waals surface area contributed by atoms with Crippen molar-refractivity contribution >= 4 is 248 Å². The Morgan fingerprint density at radius 2 is 0.492 bits per heavy atom. The first-order valence-electron chi connectivity index (χ1n) is 19.7. The molecule has 4 heterocycles. The first-order valence-corrected chi connectivity index (χ1v) is 36.0. The number of thioether (sulfide) groups is 16. The van der Waals surface area contributed by atoms with E-state index in [1.807, 2.05) is 188 Å². The molecule has 4 aliphatic rings. The molecule has 17 heteroatoms. The summed E-state index contributed by atoms with van der Waals surface area (Å²) in [5.41, 5.74) is 0. The largest absolute Gasteiger partial charge is 0.457 e. The van der Waals surface area contributed by atoms with E-state index in [2.05, 4.69) is 135 Å². The van der Waals surface area contributed by atoms with Gasteiger partial charge in [0.2, 0.25) is 0 Å². The second-order valence-corrected chi connectivity index (χ2v) is 31.8. The maximum absolute atomic E-state index is 7.14. The van der Waals surface area contributed by atoms with Gasteiger partial charge < -0.3 is 4.74 Å². The minimum atomic E-state index is 0.839. The molecule has 0 N–H and O–H groups in total. The zero-order valence-electron chi connectivity index (χ0n) is 36.0. The van der Waals surface area contributed by atoms with Crippen LogP contribution in [0.15, 0.2) is 119 Å². The lowest BCUT2D eigenvalue weighted by Gasteiger charge is -2.15. The van der Waals surface area contributed by atoms with Gasteiger partial charge in [0.05, 0.1) is 50.8 Å². The molecule has 0 saturated heterocycles. The van der Waals surface area contributed by atoms with Crippen LogP contribution in [0.3, 0.4) is 0 Å². The Morgan fingerprint density at radius 3 is 0.723 bits per heavy atom. The van der Waals surface area contributed by atoms with E-state index in [0.29, 0.717) is 0 Å². The number of ether oxygens (including phenoxy) is 1. The summed E-state index contributed by atoms with van der Waals surface area (Å²) in [7, 11) is 0. The molecule has 0 saturated carbocycles. The van der Waals surface area contributed by atoms with Crippen molar-refractivity contribution < 1.29 is 4.74 Å². The second-order valence-electron chi connectivity index (χ2n) is 14.0. The Morgan fingerprint density at radius 1 is 0.277 bits per heavy atom. The van der Waals surface area contributed by atoms with Crippen LogP contribution >= 0.6 is 188 Å². The molecule has 6 aromatic carbocycles. The number of benzene rings is 6. The number of fused-ring (bicyclic) bond motifs is 4. The summed E-state index contributed by atoms with van der Waals surface area (Å²) in [6, 6.07) is 31.8. The third-order valence-corrected chi connectivity index (χ3v) is 31.6. The van der Waals surface area contributed by atoms with Crippen LogP contribution in [0.25, 0.3) is 60.0 Å². The fourth-order valence-electron chi connectivity index (χ4n) is 7.96. The Labute approximate surface area is 448 Å². The van der Waals surface area contributed by atoms with E-state index in [9.17, 15) is 0 Å². The minimum absolute atomic E-state index is 0.839. The van der Waals surface area contributed by atoms with Gasteiger partial charge in [0.25, 0.3) is 0 Å². The summed E-state index contributed by atoms with van der Waals surface area (Å²) in [6.07, 6.45) is 17.6. The van der Waals surface area contributed by atoms with Crippen LogP contribution in [0.1, 0.15) is 0 Å². The fourth-order valence-corrected chi connectivity index (χ4v) is 28.5. The summed E-state index contributed by atoms with van der Waals surface area (Å²) in [6.45, 7) is 0. The number of hydrogen-bond donors (Lipinski definition) is 0. The van der Waals surface area contributed by atoms with Gasteiger partial charge in [0.1, 0.15) is 11.5 Å². The van der Waals surface area contributed by atoms with Gasteiger partial charge in [-0.25, -0.2) is 0 Å². The number of hydrogen-bond acceptors (Lipinski definition) is 17. The maximum Gasteiger partial charge on any atom is 0.128 e. The van der Waals surface area contributed by atoms with Crippen molar-refractivity contribution in [1.82, 2.24) is 0 Å². The monoisotopic (exact) mass is 1140 g/mol. The minimum Gasteiger partial charge on any atom is -0.457 e. The second kappa shape index (κ2) is 21.5. The standard InChI is InChI=1S/C48H38OS16/c1-50-41-42(51-2)59-37(58-41)33-25-13-9-11-15-27(25)35(39-62-45(54-5)46(55-6)63-39)31-21-23(17-19-29(31)33)49-24-18-20-30-32(22-24)36(40-64-47(56-7)48(57-8)65-40)28-16-12-10-14-26(28)34(30)38-60-43(52-3)44(53-4)61-38/h9-22H,1-8H3. The molecule has 0 unspecified atom stereocenters. The predicted molar refractivity (Wildman–Crippen MR) is 332 cm³/mol. The third kappa shape index (κ3) is 9.21. The van der Waals surface area contributed by atoms with Gasteiger partial charge in [-0.15, -0.1) is 94.1 Å². The van der Waals surface area contributed by atoms with E-state index >= 15 is 0 Å². The predicted octanol–water partition coefficient (Wildman–Crippen LogP) is 17.7. The smallest absolute Gasteiger partial charge is 0.128 e. The molecule has 65 heavy (non-hydrogen) atoms. The molecule has 6 aromatic rings. The van der Waals surface area contributed by atoms with Gasteiger partial charge in [-0.2, -0.15) is 0 Å². The highest BCUT2D eigenvalue weighted by atomic mass is 32.3.